The molecule has 2 heterocycles. The molecular formula is C21H28N2O3. The van der Waals surface area contributed by atoms with E-state index in [0.29, 0.717) is 19.5 Å². The summed E-state index contributed by atoms with van der Waals surface area (Å²) in [4.78, 5) is 40.5. The number of likely N-dealkylation sites (tertiary alicyclic amines) is 2. The van der Waals surface area contributed by atoms with Gasteiger partial charge in [-0.15, -0.1) is 0 Å². The van der Waals surface area contributed by atoms with Gasteiger partial charge >= 0.3 is 0 Å². The Balaban J connectivity index is 1.57. The number of Topliss-reactive ketones (excluding diaryl/α,β-unsaturated/α-hetero) is 1. The van der Waals surface area contributed by atoms with E-state index in [0.717, 1.165) is 38.8 Å². The van der Waals surface area contributed by atoms with Gasteiger partial charge in [-0.2, -0.15) is 0 Å². The molecule has 0 unspecified atom stereocenters. The molecule has 0 aliphatic carbocycles. The van der Waals surface area contributed by atoms with E-state index in [1.807, 2.05) is 23.1 Å². The van der Waals surface area contributed by atoms with Crippen molar-refractivity contribution in [2.45, 2.75) is 45.4 Å². The number of piperidine rings is 1. The Bertz CT molecular complexity index is 673. The van der Waals surface area contributed by atoms with E-state index in [9.17, 15) is 14.4 Å². The molecule has 5 nitrogen and oxygen atoms in total. The molecule has 2 fully saturated rings. The van der Waals surface area contributed by atoms with Crippen LogP contribution in [0.1, 0.15) is 44.6 Å². The minimum atomic E-state index is -0.464. The lowest BCUT2D eigenvalue weighted by Gasteiger charge is -2.39. The van der Waals surface area contributed by atoms with Gasteiger partial charge in [0.25, 0.3) is 5.91 Å². The number of ketones is 1. The maximum Gasteiger partial charge on any atom is 0.289 e. The van der Waals surface area contributed by atoms with Gasteiger partial charge in [-0.05, 0) is 37.7 Å². The number of hydrogen-bond acceptors (Lipinski definition) is 3. The summed E-state index contributed by atoms with van der Waals surface area (Å²) < 4.78 is 0. The molecular weight excluding hydrogens is 328 g/mol. The van der Waals surface area contributed by atoms with Gasteiger partial charge in [0.2, 0.25) is 11.7 Å². The van der Waals surface area contributed by atoms with Crippen LogP contribution in [0.4, 0.5) is 0 Å². The van der Waals surface area contributed by atoms with Crippen LogP contribution in [0.5, 0.6) is 0 Å². The maximum absolute atomic E-state index is 13.1. The number of rotatable bonds is 6. The molecule has 1 aromatic rings. The van der Waals surface area contributed by atoms with Crippen molar-refractivity contribution in [1.29, 1.82) is 0 Å². The maximum atomic E-state index is 13.1. The lowest BCUT2D eigenvalue weighted by molar-refractivity contribution is -0.148. The highest BCUT2D eigenvalue weighted by molar-refractivity contribution is 6.36. The van der Waals surface area contributed by atoms with E-state index in [2.05, 4.69) is 12.1 Å². The first kappa shape index (κ1) is 18.6. The predicted octanol–water partition coefficient (Wildman–Crippen LogP) is 2.44. The summed E-state index contributed by atoms with van der Waals surface area (Å²) in [6.45, 7) is 4.20. The Morgan fingerprint density at radius 3 is 2.62 bits per heavy atom. The second-order valence-corrected chi connectivity index (χ2v) is 7.52. The Kier molecular flexibility index (Phi) is 5.74. The zero-order valence-electron chi connectivity index (χ0n) is 15.6. The molecule has 2 saturated heterocycles. The minimum absolute atomic E-state index is 0.177. The number of carbonyl (C=O) groups excluding carboxylic acids is 3. The van der Waals surface area contributed by atoms with Crippen LogP contribution in [0.3, 0.4) is 0 Å². The smallest absolute Gasteiger partial charge is 0.289 e. The van der Waals surface area contributed by atoms with Gasteiger partial charge in [-0.1, -0.05) is 37.3 Å². The van der Waals surface area contributed by atoms with Crippen LogP contribution in [0.15, 0.2) is 30.3 Å². The second-order valence-electron chi connectivity index (χ2n) is 7.52. The molecule has 0 saturated carbocycles. The van der Waals surface area contributed by atoms with Crippen molar-refractivity contribution >= 4 is 17.6 Å². The minimum Gasteiger partial charge on any atom is -0.342 e. The van der Waals surface area contributed by atoms with Crippen LogP contribution in [-0.4, -0.2) is 53.6 Å². The monoisotopic (exact) mass is 356 g/mol. The average molecular weight is 356 g/mol. The number of amides is 2. The summed E-state index contributed by atoms with van der Waals surface area (Å²) in [6, 6.07) is 10.3. The Morgan fingerprint density at radius 2 is 1.88 bits per heavy atom. The fourth-order valence-corrected chi connectivity index (χ4v) is 4.24. The van der Waals surface area contributed by atoms with Gasteiger partial charge in [0.15, 0.2) is 0 Å². The molecule has 1 aromatic carbocycles. The highest BCUT2D eigenvalue weighted by Crippen LogP contribution is 2.40. The van der Waals surface area contributed by atoms with Gasteiger partial charge in [0.1, 0.15) is 0 Å². The van der Waals surface area contributed by atoms with Crippen LogP contribution in [-0.2, 0) is 20.8 Å². The standard InChI is InChI=1S/C21H28N2O3/c1-2-18(24)19(25)23-15-12-21(16-23)11-7-14-22(20(21)26)13-6-10-17-8-4-3-5-9-17/h3-5,8-9H,2,6-7,10-16H2,1H3/t21-/m1/s1. The number of nitrogens with zero attached hydrogens (tertiary/aromatic N) is 2. The highest BCUT2D eigenvalue weighted by Gasteiger charge is 2.49. The van der Waals surface area contributed by atoms with E-state index in [1.165, 1.54) is 5.56 Å². The van der Waals surface area contributed by atoms with E-state index < -0.39 is 11.3 Å². The van der Waals surface area contributed by atoms with E-state index in [1.54, 1.807) is 11.8 Å². The quantitative estimate of drug-likeness (QED) is 0.736. The molecule has 2 amide bonds. The van der Waals surface area contributed by atoms with Gasteiger partial charge in [-0.3, -0.25) is 14.4 Å². The van der Waals surface area contributed by atoms with Crippen molar-refractivity contribution in [3.63, 3.8) is 0 Å². The van der Waals surface area contributed by atoms with Gasteiger partial charge in [0.05, 0.1) is 5.41 Å². The van der Waals surface area contributed by atoms with E-state index in [-0.39, 0.29) is 18.1 Å². The molecule has 3 rings (SSSR count). The molecule has 140 valence electrons. The summed E-state index contributed by atoms with van der Waals surface area (Å²) in [7, 11) is 0. The van der Waals surface area contributed by atoms with Crippen LogP contribution in [0.25, 0.3) is 0 Å². The third-order valence-electron chi connectivity index (χ3n) is 5.76. The van der Waals surface area contributed by atoms with Crippen molar-refractivity contribution in [3.8, 4) is 0 Å². The fraction of sp³-hybridized carbons (Fsp3) is 0.571. The third-order valence-corrected chi connectivity index (χ3v) is 5.76. The number of aryl methyl sites for hydroxylation is 1. The zero-order chi connectivity index (χ0) is 18.6. The number of benzene rings is 1. The van der Waals surface area contributed by atoms with Crippen LogP contribution in [0, 0.1) is 5.41 Å². The first-order valence-corrected chi connectivity index (χ1v) is 9.71. The van der Waals surface area contributed by atoms with Crippen molar-refractivity contribution in [2.75, 3.05) is 26.2 Å². The van der Waals surface area contributed by atoms with Crippen LogP contribution >= 0.6 is 0 Å². The average Bonchev–Trinajstić information content (AvgIpc) is 3.10. The van der Waals surface area contributed by atoms with Gasteiger partial charge < -0.3 is 9.80 Å². The van der Waals surface area contributed by atoms with Gasteiger partial charge in [-0.25, -0.2) is 0 Å². The summed E-state index contributed by atoms with van der Waals surface area (Å²) in [6.07, 6.45) is 4.62. The molecule has 2 aliphatic heterocycles. The van der Waals surface area contributed by atoms with E-state index in [4.69, 9.17) is 0 Å². The first-order valence-electron chi connectivity index (χ1n) is 9.71. The van der Waals surface area contributed by atoms with E-state index >= 15 is 0 Å². The van der Waals surface area contributed by atoms with Gasteiger partial charge in [0, 0.05) is 32.6 Å². The lowest BCUT2D eigenvalue weighted by Crippen LogP contribution is -2.51. The second kappa shape index (κ2) is 8.02. The van der Waals surface area contributed by atoms with Crippen molar-refractivity contribution in [2.24, 2.45) is 5.41 Å². The molecule has 26 heavy (non-hydrogen) atoms. The molecule has 1 atom stereocenters. The molecule has 2 aliphatic rings. The SMILES string of the molecule is CCC(=O)C(=O)N1CC[C@]2(CCCN(CCCc3ccccc3)C2=O)C1. The van der Waals surface area contributed by atoms with Crippen LogP contribution in [0.2, 0.25) is 0 Å². The van der Waals surface area contributed by atoms with Crippen molar-refractivity contribution < 1.29 is 14.4 Å². The Hall–Kier alpha value is -2.17. The number of carbonyl (C=O) groups is 3. The highest BCUT2D eigenvalue weighted by atomic mass is 16.2. The first-order chi connectivity index (χ1) is 12.6. The summed E-state index contributed by atoms with van der Waals surface area (Å²) in [5.74, 6) is -0.598. The largest absolute Gasteiger partial charge is 0.342 e. The van der Waals surface area contributed by atoms with Crippen LogP contribution < -0.4 is 0 Å². The lowest BCUT2D eigenvalue weighted by atomic mass is 9.78. The molecule has 1 spiro atoms. The molecule has 0 aromatic heterocycles. The Morgan fingerprint density at radius 1 is 1.12 bits per heavy atom. The molecule has 0 bridgehead atoms. The summed E-state index contributed by atoms with van der Waals surface area (Å²) >= 11 is 0. The normalized spacial score (nSPS) is 22.9. The molecule has 0 radical (unpaired) electrons. The summed E-state index contributed by atoms with van der Waals surface area (Å²) in [5.41, 5.74) is 0.830. The molecule has 0 N–H and O–H groups in total. The Labute approximate surface area is 155 Å². The fourth-order valence-electron chi connectivity index (χ4n) is 4.24. The van der Waals surface area contributed by atoms with Crippen molar-refractivity contribution in [1.82, 2.24) is 9.80 Å². The summed E-state index contributed by atoms with van der Waals surface area (Å²) in [5, 5.41) is 0. The predicted molar refractivity (Wildman–Crippen MR) is 99.5 cm³/mol. The van der Waals surface area contributed by atoms with Crippen molar-refractivity contribution in [3.05, 3.63) is 35.9 Å². The molecule has 5 heteroatoms. The number of hydrogen-bond donors (Lipinski definition) is 0. The topological polar surface area (TPSA) is 57.7 Å². The third kappa shape index (κ3) is 3.81. The zero-order valence-corrected chi connectivity index (χ0v) is 15.6.